The second kappa shape index (κ2) is 10.9. The van der Waals surface area contributed by atoms with Crippen LogP contribution in [0.15, 0.2) is 42.6 Å². The number of hydrogen-bond acceptors (Lipinski definition) is 2. The Morgan fingerprint density at radius 2 is 1.87 bits per heavy atom. The summed E-state index contributed by atoms with van der Waals surface area (Å²) in [6.45, 7) is 5.54. The summed E-state index contributed by atoms with van der Waals surface area (Å²) in [7, 11) is 1.99. The van der Waals surface area contributed by atoms with E-state index in [4.69, 9.17) is 11.6 Å². The zero-order valence-electron chi connectivity index (χ0n) is 18.9. The predicted molar refractivity (Wildman–Crippen MR) is 125 cm³/mol. The summed E-state index contributed by atoms with van der Waals surface area (Å²) < 4.78 is 2.04. The Morgan fingerprint density at radius 1 is 1.13 bits per heavy atom. The van der Waals surface area contributed by atoms with Crippen molar-refractivity contribution in [3.8, 4) is 0 Å². The molecule has 1 aliphatic rings. The largest absolute Gasteiger partial charge is 0.353 e. The molecule has 1 saturated carbocycles. The third kappa shape index (κ3) is 6.36. The molecule has 6 heteroatoms. The summed E-state index contributed by atoms with van der Waals surface area (Å²) in [5, 5.41) is 0.533. The zero-order valence-corrected chi connectivity index (χ0v) is 19.6. The van der Waals surface area contributed by atoms with Crippen LogP contribution in [0.4, 0.5) is 0 Å². The minimum atomic E-state index is -0.105. The molecule has 0 radical (unpaired) electrons. The minimum Gasteiger partial charge on any atom is -0.353 e. The normalized spacial score (nSPS) is 14.6. The number of benzene rings is 1. The van der Waals surface area contributed by atoms with Gasteiger partial charge in [-0.05, 0) is 49.1 Å². The lowest BCUT2D eigenvalue weighted by Gasteiger charge is -2.36. The highest BCUT2D eigenvalue weighted by Crippen LogP contribution is 2.25. The average molecular weight is 444 g/mol. The molecule has 0 atom stereocenters. The van der Waals surface area contributed by atoms with Crippen LogP contribution in [0.25, 0.3) is 0 Å². The van der Waals surface area contributed by atoms with Crippen molar-refractivity contribution in [1.82, 2.24) is 14.4 Å². The molecule has 2 aromatic rings. The second-order valence-corrected chi connectivity index (χ2v) is 9.45. The standard InChI is InChI=1S/C25H34ClN3O2/c1-19(2)16-28(17-23-13-8-14-27(23)3)24(30)18-29(22-11-5-4-6-12-22)25(31)20-9-7-10-21(26)15-20/h7-10,13-15,19,22H,4-6,11-12,16-18H2,1-3H3. The van der Waals surface area contributed by atoms with Crippen molar-refractivity contribution in [2.45, 2.75) is 58.5 Å². The van der Waals surface area contributed by atoms with Crippen LogP contribution in [-0.2, 0) is 18.4 Å². The SMILES string of the molecule is CC(C)CN(Cc1cccn1C)C(=O)CN(C(=O)c1cccc(Cl)c1)C1CCCCC1. The number of aryl methyl sites for hydroxylation is 1. The van der Waals surface area contributed by atoms with Crippen LogP contribution in [0.5, 0.6) is 0 Å². The Balaban J connectivity index is 1.82. The molecule has 0 aliphatic heterocycles. The van der Waals surface area contributed by atoms with E-state index in [9.17, 15) is 9.59 Å². The number of rotatable bonds is 8. The van der Waals surface area contributed by atoms with Crippen LogP contribution in [-0.4, -0.2) is 45.3 Å². The maximum atomic E-state index is 13.5. The Hall–Kier alpha value is -2.27. The maximum Gasteiger partial charge on any atom is 0.254 e. The van der Waals surface area contributed by atoms with Gasteiger partial charge in [-0.2, -0.15) is 0 Å². The number of aromatic nitrogens is 1. The summed E-state index contributed by atoms with van der Waals surface area (Å²) in [5.41, 5.74) is 1.63. The third-order valence-corrected chi connectivity index (χ3v) is 6.23. The first kappa shape index (κ1) is 23.4. The first-order chi connectivity index (χ1) is 14.8. The van der Waals surface area contributed by atoms with Gasteiger partial charge in [0.25, 0.3) is 5.91 Å². The molecule has 168 valence electrons. The van der Waals surface area contributed by atoms with Crippen LogP contribution in [0.1, 0.15) is 62.0 Å². The molecule has 1 aromatic carbocycles. The molecule has 1 aromatic heterocycles. The van der Waals surface area contributed by atoms with Crippen LogP contribution in [0.2, 0.25) is 5.02 Å². The van der Waals surface area contributed by atoms with Crippen LogP contribution in [0.3, 0.4) is 0 Å². The minimum absolute atomic E-state index is 0.00384. The summed E-state index contributed by atoms with van der Waals surface area (Å²) in [4.78, 5) is 30.6. The van der Waals surface area contributed by atoms with Crippen LogP contribution >= 0.6 is 11.6 Å². The quantitative estimate of drug-likeness (QED) is 0.567. The van der Waals surface area contributed by atoms with E-state index in [0.717, 1.165) is 31.4 Å². The Bertz CT molecular complexity index is 886. The van der Waals surface area contributed by atoms with Gasteiger partial charge < -0.3 is 14.4 Å². The molecule has 2 amide bonds. The topological polar surface area (TPSA) is 45.6 Å². The number of amides is 2. The lowest BCUT2D eigenvalue weighted by Crippen LogP contribution is -2.48. The summed E-state index contributed by atoms with van der Waals surface area (Å²) in [5.74, 6) is 0.234. The summed E-state index contributed by atoms with van der Waals surface area (Å²) in [6, 6.07) is 11.2. The van der Waals surface area contributed by atoms with Gasteiger partial charge in [-0.25, -0.2) is 0 Å². The molecule has 0 unspecified atom stereocenters. The molecule has 0 bridgehead atoms. The van der Waals surface area contributed by atoms with Crippen molar-refractivity contribution in [2.75, 3.05) is 13.1 Å². The van der Waals surface area contributed by atoms with Crippen molar-refractivity contribution in [2.24, 2.45) is 13.0 Å². The number of carbonyl (C=O) groups excluding carboxylic acids is 2. The smallest absolute Gasteiger partial charge is 0.254 e. The van der Waals surface area contributed by atoms with Gasteiger partial charge in [0.2, 0.25) is 5.91 Å². The fraction of sp³-hybridized carbons (Fsp3) is 0.520. The van der Waals surface area contributed by atoms with E-state index in [-0.39, 0.29) is 24.4 Å². The van der Waals surface area contributed by atoms with Crippen LogP contribution in [0, 0.1) is 5.92 Å². The van der Waals surface area contributed by atoms with Crippen molar-refractivity contribution in [1.29, 1.82) is 0 Å². The lowest BCUT2D eigenvalue weighted by molar-refractivity contribution is -0.133. The van der Waals surface area contributed by atoms with Gasteiger partial charge in [0.1, 0.15) is 6.54 Å². The lowest BCUT2D eigenvalue weighted by atomic mass is 9.93. The predicted octanol–water partition coefficient (Wildman–Crippen LogP) is 5.14. The molecule has 0 spiro atoms. The van der Waals surface area contributed by atoms with Gasteiger partial charge in [0.15, 0.2) is 0 Å². The maximum absolute atomic E-state index is 13.5. The Kier molecular flexibility index (Phi) is 8.19. The van der Waals surface area contributed by atoms with Crippen molar-refractivity contribution < 1.29 is 9.59 Å². The fourth-order valence-electron chi connectivity index (χ4n) is 4.34. The number of carbonyl (C=O) groups is 2. The van der Waals surface area contributed by atoms with Crippen molar-refractivity contribution in [3.05, 3.63) is 58.9 Å². The van der Waals surface area contributed by atoms with E-state index < -0.39 is 0 Å². The number of nitrogens with zero attached hydrogens (tertiary/aromatic N) is 3. The highest BCUT2D eigenvalue weighted by molar-refractivity contribution is 6.31. The number of halogens is 1. The van der Waals surface area contributed by atoms with Crippen LogP contribution < -0.4 is 0 Å². The molecule has 5 nitrogen and oxygen atoms in total. The zero-order chi connectivity index (χ0) is 22.4. The molecule has 1 fully saturated rings. The number of hydrogen-bond donors (Lipinski definition) is 0. The highest BCUT2D eigenvalue weighted by Gasteiger charge is 2.30. The van der Waals surface area contributed by atoms with Crippen molar-refractivity contribution >= 4 is 23.4 Å². The summed E-state index contributed by atoms with van der Waals surface area (Å²) in [6.07, 6.45) is 7.26. The molecular formula is C25H34ClN3O2. The Labute approximate surface area is 191 Å². The first-order valence-corrected chi connectivity index (χ1v) is 11.7. The second-order valence-electron chi connectivity index (χ2n) is 9.01. The monoisotopic (exact) mass is 443 g/mol. The van der Waals surface area contributed by atoms with Gasteiger partial charge >= 0.3 is 0 Å². The highest BCUT2D eigenvalue weighted by atomic mass is 35.5. The molecule has 1 heterocycles. The van der Waals surface area contributed by atoms with E-state index in [1.54, 1.807) is 29.2 Å². The van der Waals surface area contributed by atoms with Gasteiger partial charge in [0.05, 0.1) is 6.54 Å². The molecule has 3 rings (SSSR count). The van der Waals surface area contributed by atoms with E-state index in [2.05, 4.69) is 13.8 Å². The van der Waals surface area contributed by atoms with Gasteiger partial charge in [-0.1, -0.05) is 50.8 Å². The van der Waals surface area contributed by atoms with Gasteiger partial charge in [-0.3, -0.25) is 9.59 Å². The molecule has 0 saturated heterocycles. The van der Waals surface area contributed by atoms with Gasteiger partial charge in [0, 0.05) is 42.1 Å². The van der Waals surface area contributed by atoms with Gasteiger partial charge in [-0.15, -0.1) is 0 Å². The first-order valence-electron chi connectivity index (χ1n) is 11.3. The average Bonchev–Trinajstić information content (AvgIpc) is 3.15. The Morgan fingerprint density at radius 3 is 2.48 bits per heavy atom. The fourth-order valence-corrected chi connectivity index (χ4v) is 4.53. The van der Waals surface area contributed by atoms with E-state index >= 15 is 0 Å². The molecule has 31 heavy (non-hydrogen) atoms. The van der Waals surface area contributed by atoms with Crippen molar-refractivity contribution in [3.63, 3.8) is 0 Å². The van der Waals surface area contributed by atoms with E-state index in [0.29, 0.717) is 29.6 Å². The third-order valence-electron chi connectivity index (χ3n) is 6.00. The molecule has 0 N–H and O–H groups in total. The van der Waals surface area contributed by atoms with E-state index in [1.165, 1.54) is 6.42 Å². The van der Waals surface area contributed by atoms with E-state index in [1.807, 2.05) is 34.8 Å². The molecular weight excluding hydrogens is 410 g/mol. The molecule has 1 aliphatic carbocycles. The summed E-state index contributed by atoms with van der Waals surface area (Å²) >= 11 is 6.14.